The van der Waals surface area contributed by atoms with Gasteiger partial charge in [-0.2, -0.15) is 0 Å². The van der Waals surface area contributed by atoms with Crippen molar-refractivity contribution < 1.29 is 0 Å². The standard InChI is InChI=1S/C9H11N3S/c1-6(9-12-11-5-13-9)2-8-4-10-3-7(1)8/h1,5,7-8,10H,2-4H2/t7-,8+/m0/s1. The van der Waals surface area contributed by atoms with Crippen LogP contribution in [-0.2, 0) is 0 Å². The number of aromatic nitrogens is 2. The van der Waals surface area contributed by atoms with Crippen LogP contribution in [0.3, 0.4) is 0 Å². The molecule has 4 heteroatoms. The van der Waals surface area contributed by atoms with Crippen molar-refractivity contribution in [1.82, 2.24) is 15.5 Å². The summed E-state index contributed by atoms with van der Waals surface area (Å²) in [5.41, 5.74) is 3.22. The van der Waals surface area contributed by atoms with E-state index in [1.54, 1.807) is 11.3 Å². The molecule has 0 spiro atoms. The lowest BCUT2D eigenvalue weighted by Crippen LogP contribution is -2.09. The molecule has 2 heterocycles. The Morgan fingerprint density at radius 2 is 2.46 bits per heavy atom. The van der Waals surface area contributed by atoms with E-state index in [0.29, 0.717) is 0 Å². The summed E-state index contributed by atoms with van der Waals surface area (Å²) >= 11 is 1.65. The highest BCUT2D eigenvalue weighted by molar-refractivity contribution is 7.10. The molecule has 0 bridgehead atoms. The van der Waals surface area contributed by atoms with Crippen molar-refractivity contribution >= 4 is 16.9 Å². The molecule has 1 saturated heterocycles. The molecule has 1 aromatic rings. The van der Waals surface area contributed by atoms with Crippen molar-refractivity contribution in [1.29, 1.82) is 0 Å². The van der Waals surface area contributed by atoms with Gasteiger partial charge in [-0.05, 0) is 30.4 Å². The zero-order chi connectivity index (χ0) is 8.67. The second-order valence-electron chi connectivity index (χ2n) is 3.72. The molecule has 0 aromatic carbocycles. The van der Waals surface area contributed by atoms with Gasteiger partial charge in [-0.15, -0.1) is 21.5 Å². The quantitative estimate of drug-likeness (QED) is 0.727. The molecule has 1 aliphatic heterocycles. The van der Waals surface area contributed by atoms with E-state index in [0.717, 1.165) is 23.4 Å². The molecule has 0 saturated carbocycles. The van der Waals surface area contributed by atoms with Crippen LogP contribution >= 0.6 is 11.3 Å². The van der Waals surface area contributed by atoms with Crippen molar-refractivity contribution in [2.75, 3.05) is 13.1 Å². The van der Waals surface area contributed by atoms with E-state index in [2.05, 4.69) is 21.6 Å². The van der Waals surface area contributed by atoms with Gasteiger partial charge in [-0.3, -0.25) is 0 Å². The SMILES string of the molecule is C1=C(c2nncs2)C[C@@H]2CNC[C@H]12. The molecule has 13 heavy (non-hydrogen) atoms. The fraction of sp³-hybridized carbons (Fsp3) is 0.556. The average Bonchev–Trinajstić information content (AvgIpc) is 2.78. The fourth-order valence-corrected chi connectivity index (χ4v) is 2.84. The van der Waals surface area contributed by atoms with Gasteiger partial charge in [0.15, 0.2) is 0 Å². The maximum Gasteiger partial charge on any atom is 0.143 e. The Morgan fingerprint density at radius 1 is 1.46 bits per heavy atom. The van der Waals surface area contributed by atoms with Crippen molar-refractivity contribution in [3.05, 3.63) is 16.6 Å². The smallest absolute Gasteiger partial charge is 0.143 e. The minimum absolute atomic E-state index is 0.749. The molecule has 1 fully saturated rings. The Hall–Kier alpha value is -0.740. The maximum atomic E-state index is 4.11. The number of nitrogens with one attached hydrogen (secondary N) is 1. The van der Waals surface area contributed by atoms with Crippen LogP contribution in [0.5, 0.6) is 0 Å². The van der Waals surface area contributed by atoms with Crippen LogP contribution in [0, 0.1) is 11.8 Å². The monoisotopic (exact) mass is 193 g/mol. The predicted molar refractivity (Wildman–Crippen MR) is 52.4 cm³/mol. The van der Waals surface area contributed by atoms with Crippen molar-refractivity contribution in [3.8, 4) is 0 Å². The summed E-state index contributed by atoms with van der Waals surface area (Å²) in [5.74, 6) is 1.57. The van der Waals surface area contributed by atoms with E-state index in [1.807, 2.05) is 5.51 Å². The van der Waals surface area contributed by atoms with Gasteiger partial charge in [-0.1, -0.05) is 6.08 Å². The van der Waals surface area contributed by atoms with E-state index in [-0.39, 0.29) is 0 Å². The highest BCUT2D eigenvalue weighted by atomic mass is 32.1. The summed E-state index contributed by atoms with van der Waals surface area (Å²) in [6, 6.07) is 0. The Balaban J connectivity index is 1.88. The zero-order valence-corrected chi connectivity index (χ0v) is 8.05. The molecule has 1 aromatic heterocycles. The van der Waals surface area contributed by atoms with Crippen LogP contribution in [0.1, 0.15) is 11.4 Å². The van der Waals surface area contributed by atoms with Crippen LogP contribution in [0.2, 0.25) is 0 Å². The van der Waals surface area contributed by atoms with Crippen LogP contribution in [0.4, 0.5) is 0 Å². The lowest BCUT2D eigenvalue weighted by atomic mass is 10.00. The van der Waals surface area contributed by atoms with Crippen LogP contribution in [-0.4, -0.2) is 23.3 Å². The van der Waals surface area contributed by atoms with Gasteiger partial charge < -0.3 is 5.32 Å². The lowest BCUT2D eigenvalue weighted by Gasteiger charge is -2.04. The molecule has 1 N–H and O–H groups in total. The summed E-state index contributed by atoms with van der Waals surface area (Å²) in [6.45, 7) is 2.32. The lowest BCUT2D eigenvalue weighted by molar-refractivity contribution is 0.536. The van der Waals surface area contributed by atoms with Crippen LogP contribution in [0.15, 0.2) is 11.6 Å². The first-order chi connectivity index (χ1) is 6.43. The molecular formula is C9H11N3S. The number of rotatable bonds is 1. The number of nitrogens with zero attached hydrogens (tertiary/aromatic N) is 2. The van der Waals surface area contributed by atoms with Gasteiger partial charge in [0.1, 0.15) is 10.5 Å². The summed E-state index contributed by atoms with van der Waals surface area (Å²) in [5, 5.41) is 12.5. The van der Waals surface area contributed by atoms with Crippen LogP contribution in [0.25, 0.3) is 5.57 Å². The van der Waals surface area contributed by atoms with Crippen LogP contribution < -0.4 is 5.32 Å². The van der Waals surface area contributed by atoms with E-state index >= 15 is 0 Å². The summed E-state index contributed by atoms with van der Waals surface area (Å²) < 4.78 is 0. The number of fused-ring (bicyclic) bond motifs is 1. The number of hydrogen-bond donors (Lipinski definition) is 1. The topological polar surface area (TPSA) is 37.8 Å². The molecule has 3 rings (SSSR count). The van der Waals surface area contributed by atoms with E-state index in [4.69, 9.17) is 0 Å². The van der Waals surface area contributed by atoms with Gasteiger partial charge >= 0.3 is 0 Å². The zero-order valence-electron chi connectivity index (χ0n) is 7.23. The molecule has 0 radical (unpaired) electrons. The highest BCUT2D eigenvalue weighted by Gasteiger charge is 2.32. The minimum Gasteiger partial charge on any atom is -0.316 e. The number of allylic oxidation sites excluding steroid dienone is 1. The number of hydrogen-bond acceptors (Lipinski definition) is 4. The molecule has 1 aliphatic carbocycles. The second kappa shape index (κ2) is 2.89. The van der Waals surface area contributed by atoms with Gasteiger partial charge in [0.25, 0.3) is 0 Å². The summed E-state index contributed by atoms with van der Waals surface area (Å²) in [6.07, 6.45) is 3.57. The average molecular weight is 193 g/mol. The second-order valence-corrected chi connectivity index (χ2v) is 4.56. The third-order valence-electron chi connectivity index (χ3n) is 2.92. The van der Waals surface area contributed by atoms with Gasteiger partial charge in [0.2, 0.25) is 0 Å². The Kier molecular flexibility index (Phi) is 1.70. The normalized spacial score (nSPS) is 31.8. The fourth-order valence-electron chi connectivity index (χ4n) is 2.25. The first kappa shape index (κ1) is 7.64. The third-order valence-corrected chi connectivity index (χ3v) is 3.69. The maximum absolute atomic E-state index is 4.11. The molecule has 0 unspecified atom stereocenters. The van der Waals surface area contributed by atoms with E-state index in [1.165, 1.54) is 18.5 Å². The summed E-state index contributed by atoms with van der Waals surface area (Å²) in [4.78, 5) is 0. The predicted octanol–water partition coefficient (Wildman–Crippen LogP) is 1.16. The molecule has 2 aliphatic rings. The van der Waals surface area contributed by atoms with E-state index in [9.17, 15) is 0 Å². The minimum atomic E-state index is 0.749. The van der Waals surface area contributed by atoms with Gasteiger partial charge in [0.05, 0.1) is 0 Å². The van der Waals surface area contributed by atoms with Crippen molar-refractivity contribution in [2.24, 2.45) is 11.8 Å². The highest BCUT2D eigenvalue weighted by Crippen LogP contribution is 2.38. The van der Waals surface area contributed by atoms with Crippen molar-refractivity contribution in [2.45, 2.75) is 6.42 Å². The Labute approximate surface area is 80.9 Å². The third kappa shape index (κ3) is 1.21. The Morgan fingerprint density at radius 3 is 3.23 bits per heavy atom. The summed E-state index contributed by atoms with van der Waals surface area (Å²) in [7, 11) is 0. The Bertz CT molecular complexity index is 331. The van der Waals surface area contributed by atoms with E-state index < -0.39 is 0 Å². The molecular weight excluding hydrogens is 182 g/mol. The molecule has 2 atom stereocenters. The van der Waals surface area contributed by atoms with Gasteiger partial charge in [-0.25, -0.2) is 0 Å². The van der Waals surface area contributed by atoms with Crippen molar-refractivity contribution in [3.63, 3.8) is 0 Å². The molecule has 68 valence electrons. The van der Waals surface area contributed by atoms with Gasteiger partial charge in [0, 0.05) is 6.54 Å². The first-order valence-corrected chi connectivity index (χ1v) is 5.49. The molecule has 3 nitrogen and oxygen atoms in total. The molecule has 0 amide bonds. The first-order valence-electron chi connectivity index (χ1n) is 4.61. The largest absolute Gasteiger partial charge is 0.316 e.